The molecule has 2 N–H and O–H groups in total. The zero-order valence-corrected chi connectivity index (χ0v) is 10.7. The summed E-state index contributed by atoms with van der Waals surface area (Å²) in [5.41, 5.74) is 5.91. The van der Waals surface area contributed by atoms with Crippen LogP contribution < -0.4 is 5.73 Å². The highest BCUT2D eigenvalue weighted by Crippen LogP contribution is 2.20. The van der Waals surface area contributed by atoms with Crippen LogP contribution in [0.3, 0.4) is 0 Å². The molecular weight excluding hydrogens is 204 g/mol. The van der Waals surface area contributed by atoms with Gasteiger partial charge >= 0.3 is 0 Å². The fourth-order valence-corrected chi connectivity index (χ4v) is 2.48. The van der Waals surface area contributed by atoms with Crippen molar-refractivity contribution >= 4 is 0 Å². The van der Waals surface area contributed by atoms with Gasteiger partial charge in [-0.2, -0.15) is 0 Å². The van der Waals surface area contributed by atoms with Crippen molar-refractivity contribution in [2.24, 2.45) is 11.7 Å². The van der Waals surface area contributed by atoms with Gasteiger partial charge in [0.25, 0.3) is 0 Å². The molecule has 0 spiro atoms. The van der Waals surface area contributed by atoms with Crippen molar-refractivity contribution in [2.45, 2.75) is 25.8 Å². The Hall–Kier alpha value is -0.160. The molecule has 1 aliphatic heterocycles. The number of hydrogen-bond acceptors (Lipinski definition) is 4. The number of ether oxygens (including phenoxy) is 2. The fourth-order valence-electron chi connectivity index (χ4n) is 2.48. The highest BCUT2D eigenvalue weighted by molar-refractivity contribution is 4.81. The van der Waals surface area contributed by atoms with Gasteiger partial charge in [0, 0.05) is 32.8 Å². The van der Waals surface area contributed by atoms with E-state index in [0.29, 0.717) is 18.5 Å². The minimum atomic E-state index is 0.445. The minimum absolute atomic E-state index is 0.445. The fraction of sp³-hybridized carbons (Fsp3) is 1.00. The predicted octanol–water partition coefficient (Wildman–Crippen LogP) is 0.709. The Labute approximate surface area is 99.1 Å². The van der Waals surface area contributed by atoms with Gasteiger partial charge in [-0.25, -0.2) is 0 Å². The normalized spacial score (nSPS) is 23.6. The first-order valence-electron chi connectivity index (χ1n) is 6.34. The van der Waals surface area contributed by atoms with Crippen LogP contribution >= 0.6 is 0 Å². The number of nitrogens with zero attached hydrogens (tertiary/aromatic N) is 1. The molecule has 1 heterocycles. The number of nitrogens with two attached hydrogens (primary N) is 1. The Morgan fingerprint density at radius 2 is 2.38 bits per heavy atom. The van der Waals surface area contributed by atoms with Gasteiger partial charge in [-0.3, -0.25) is 4.90 Å². The van der Waals surface area contributed by atoms with Crippen LogP contribution in [0.2, 0.25) is 0 Å². The van der Waals surface area contributed by atoms with Gasteiger partial charge in [0.2, 0.25) is 0 Å². The summed E-state index contributed by atoms with van der Waals surface area (Å²) in [7, 11) is 1.75. The molecule has 4 nitrogen and oxygen atoms in total. The van der Waals surface area contributed by atoms with Gasteiger partial charge in [-0.1, -0.05) is 6.92 Å². The first-order valence-corrected chi connectivity index (χ1v) is 6.34. The van der Waals surface area contributed by atoms with Crippen LogP contribution in [0, 0.1) is 5.92 Å². The van der Waals surface area contributed by atoms with Gasteiger partial charge in [-0.15, -0.1) is 0 Å². The molecule has 4 heteroatoms. The van der Waals surface area contributed by atoms with Crippen LogP contribution in [-0.2, 0) is 9.47 Å². The molecule has 1 aliphatic rings. The molecule has 0 aliphatic carbocycles. The van der Waals surface area contributed by atoms with Crippen molar-refractivity contribution < 1.29 is 9.47 Å². The lowest BCUT2D eigenvalue weighted by molar-refractivity contribution is 0.00675. The Morgan fingerprint density at radius 1 is 1.56 bits per heavy atom. The first kappa shape index (κ1) is 13.9. The number of methoxy groups -OCH3 is 1. The number of likely N-dealkylation sites (N-methyl/N-ethyl adjacent to an activating group) is 1. The van der Waals surface area contributed by atoms with Gasteiger partial charge in [0.1, 0.15) is 0 Å². The Kier molecular flexibility index (Phi) is 6.96. The van der Waals surface area contributed by atoms with E-state index in [4.69, 9.17) is 15.2 Å². The zero-order chi connectivity index (χ0) is 11.8. The van der Waals surface area contributed by atoms with Crippen LogP contribution in [0.1, 0.15) is 19.8 Å². The highest BCUT2D eigenvalue weighted by atomic mass is 16.5. The van der Waals surface area contributed by atoms with Crippen molar-refractivity contribution in [3.8, 4) is 0 Å². The maximum Gasteiger partial charge on any atom is 0.0589 e. The summed E-state index contributed by atoms with van der Waals surface area (Å²) in [5.74, 6) is 0.593. The van der Waals surface area contributed by atoms with E-state index in [1.807, 2.05) is 0 Å². The van der Waals surface area contributed by atoms with E-state index in [0.717, 1.165) is 32.9 Å². The summed E-state index contributed by atoms with van der Waals surface area (Å²) >= 11 is 0. The summed E-state index contributed by atoms with van der Waals surface area (Å²) in [6.07, 6.45) is 2.41. The molecule has 1 saturated heterocycles. The average molecular weight is 230 g/mol. The van der Waals surface area contributed by atoms with Crippen LogP contribution in [0.15, 0.2) is 0 Å². The van der Waals surface area contributed by atoms with Gasteiger partial charge in [-0.05, 0) is 25.3 Å². The van der Waals surface area contributed by atoms with Crippen molar-refractivity contribution in [3.05, 3.63) is 0 Å². The molecule has 0 aromatic heterocycles. The van der Waals surface area contributed by atoms with E-state index in [1.54, 1.807) is 7.11 Å². The lowest BCUT2D eigenvalue weighted by Gasteiger charge is -2.37. The summed E-state index contributed by atoms with van der Waals surface area (Å²) in [6, 6.07) is 0.445. The average Bonchev–Trinajstić information content (AvgIpc) is 2.35. The van der Waals surface area contributed by atoms with Gasteiger partial charge in [0.15, 0.2) is 0 Å². The first-order chi connectivity index (χ1) is 7.83. The maximum absolute atomic E-state index is 5.91. The third kappa shape index (κ3) is 4.01. The van der Waals surface area contributed by atoms with E-state index in [2.05, 4.69) is 11.8 Å². The van der Waals surface area contributed by atoms with Crippen molar-refractivity contribution in [3.63, 3.8) is 0 Å². The molecule has 0 aromatic carbocycles. The second-order valence-corrected chi connectivity index (χ2v) is 4.40. The van der Waals surface area contributed by atoms with Crippen LogP contribution in [-0.4, -0.2) is 57.5 Å². The summed E-state index contributed by atoms with van der Waals surface area (Å²) in [5, 5.41) is 0. The SMILES string of the molecule is CCN(CCOC)C(CN)C1CCCOC1. The number of rotatable bonds is 7. The monoisotopic (exact) mass is 230 g/mol. The van der Waals surface area contributed by atoms with Crippen molar-refractivity contribution in [1.29, 1.82) is 0 Å². The molecule has 96 valence electrons. The lowest BCUT2D eigenvalue weighted by atomic mass is 9.92. The van der Waals surface area contributed by atoms with Crippen LogP contribution in [0.25, 0.3) is 0 Å². The minimum Gasteiger partial charge on any atom is -0.383 e. The smallest absolute Gasteiger partial charge is 0.0589 e. The maximum atomic E-state index is 5.91. The molecule has 0 aromatic rings. The third-order valence-electron chi connectivity index (χ3n) is 3.44. The second-order valence-electron chi connectivity index (χ2n) is 4.40. The zero-order valence-electron chi connectivity index (χ0n) is 10.7. The second kappa shape index (κ2) is 8.01. The molecule has 1 rings (SSSR count). The lowest BCUT2D eigenvalue weighted by Crippen LogP contribution is -2.49. The van der Waals surface area contributed by atoms with E-state index in [9.17, 15) is 0 Å². The van der Waals surface area contributed by atoms with Crippen molar-refractivity contribution in [1.82, 2.24) is 4.90 Å². The Balaban J connectivity index is 2.47. The van der Waals surface area contributed by atoms with Gasteiger partial charge in [0.05, 0.1) is 13.2 Å². The summed E-state index contributed by atoms with van der Waals surface area (Å²) < 4.78 is 10.7. The summed E-state index contributed by atoms with van der Waals surface area (Å²) in [6.45, 7) is 7.45. The highest BCUT2D eigenvalue weighted by Gasteiger charge is 2.27. The molecule has 0 amide bonds. The Bertz CT molecular complexity index is 172. The van der Waals surface area contributed by atoms with E-state index < -0.39 is 0 Å². The quantitative estimate of drug-likeness (QED) is 0.700. The molecule has 16 heavy (non-hydrogen) atoms. The topological polar surface area (TPSA) is 47.7 Å². The molecule has 0 bridgehead atoms. The largest absolute Gasteiger partial charge is 0.383 e. The number of hydrogen-bond donors (Lipinski definition) is 1. The molecule has 2 atom stereocenters. The van der Waals surface area contributed by atoms with Crippen LogP contribution in [0.4, 0.5) is 0 Å². The Morgan fingerprint density at radius 3 is 2.88 bits per heavy atom. The third-order valence-corrected chi connectivity index (χ3v) is 3.44. The molecule has 0 saturated carbocycles. The van der Waals surface area contributed by atoms with Gasteiger partial charge < -0.3 is 15.2 Å². The summed E-state index contributed by atoms with van der Waals surface area (Å²) in [4.78, 5) is 2.42. The van der Waals surface area contributed by atoms with E-state index in [-0.39, 0.29) is 0 Å². The molecule has 1 fully saturated rings. The standard InChI is InChI=1S/C12H26N2O2/c1-3-14(6-8-15-2)12(9-13)11-5-4-7-16-10-11/h11-12H,3-10,13H2,1-2H3. The molecule has 2 unspecified atom stereocenters. The van der Waals surface area contributed by atoms with Crippen molar-refractivity contribution in [2.75, 3.05) is 46.6 Å². The molecular formula is C12H26N2O2. The predicted molar refractivity (Wildman–Crippen MR) is 65.5 cm³/mol. The van der Waals surface area contributed by atoms with E-state index in [1.165, 1.54) is 12.8 Å². The van der Waals surface area contributed by atoms with E-state index >= 15 is 0 Å². The molecule has 0 radical (unpaired) electrons. The van der Waals surface area contributed by atoms with Crippen LogP contribution in [0.5, 0.6) is 0 Å².